The molecule has 0 spiro atoms. The van der Waals surface area contributed by atoms with E-state index in [2.05, 4.69) is 58.0 Å². The molecule has 0 amide bonds. The smallest absolute Gasteiger partial charge is 0.418 e. The second kappa shape index (κ2) is 6.08. The lowest BCUT2D eigenvalue weighted by atomic mass is 9.93. The van der Waals surface area contributed by atoms with Crippen LogP contribution in [0.5, 0.6) is 0 Å². The fourth-order valence-corrected chi connectivity index (χ4v) is 2.94. The summed E-state index contributed by atoms with van der Waals surface area (Å²) in [6, 6.07) is 11.0. The molecule has 0 fully saturated rings. The Morgan fingerprint density at radius 1 is 1.00 bits per heavy atom. The molecular weight excluding hydrogens is 287 g/mol. The molecule has 0 saturated heterocycles. The van der Waals surface area contributed by atoms with Crippen LogP contribution in [0.4, 0.5) is 17.3 Å². The van der Waals surface area contributed by atoms with E-state index in [-0.39, 0.29) is 5.41 Å². The van der Waals surface area contributed by atoms with Crippen molar-refractivity contribution < 1.29 is 17.3 Å². The van der Waals surface area contributed by atoms with Crippen LogP contribution in [0.3, 0.4) is 0 Å². The predicted molar refractivity (Wildman–Crippen MR) is 79.9 cm³/mol. The van der Waals surface area contributed by atoms with Gasteiger partial charge in [0, 0.05) is 22.9 Å². The minimum absolute atomic E-state index is 0.249. The molecular formula is C14H17BF4S. The van der Waals surface area contributed by atoms with Gasteiger partial charge in [-0.15, -0.1) is 0 Å². The second-order valence-electron chi connectivity index (χ2n) is 5.53. The summed E-state index contributed by atoms with van der Waals surface area (Å²) >= 11 is 1.91. The van der Waals surface area contributed by atoms with Gasteiger partial charge in [0.05, 0.1) is 0 Å². The van der Waals surface area contributed by atoms with E-state index < -0.39 is 7.25 Å². The Morgan fingerprint density at radius 2 is 1.50 bits per heavy atom. The maximum atomic E-state index is 9.75. The molecule has 0 bridgehead atoms. The third-order valence-corrected chi connectivity index (χ3v) is 4.14. The van der Waals surface area contributed by atoms with Gasteiger partial charge in [0.2, 0.25) is 20.9 Å². The fourth-order valence-electron chi connectivity index (χ4n) is 1.67. The first-order valence-corrected chi connectivity index (χ1v) is 7.00. The van der Waals surface area contributed by atoms with E-state index in [0.29, 0.717) is 0 Å². The Bertz CT molecular complexity index is 582. The summed E-state index contributed by atoms with van der Waals surface area (Å²) in [6.45, 7) is 9.01. The van der Waals surface area contributed by atoms with Crippen molar-refractivity contribution >= 4 is 28.7 Å². The van der Waals surface area contributed by atoms with Crippen LogP contribution in [0.25, 0.3) is 10.1 Å². The van der Waals surface area contributed by atoms with Gasteiger partial charge < -0.3 is 17.3 Å². The molecule has 0 N–H and O–H groups in total. The molecule has 2 aromatic rings. The second-order valence-corrected chi connectivity index (χ2v) is 6.62. The van der Waals surface area contributed by atoms with Gasteiger partial charge in [0.25, 0.3) is 0 Å². The maximum absolute atomic E-state index is 9.75. The minimum atomic E-state index is -6.00. The Labute approximate surface area is 120 Å². The van der Waals surface area contributed by atoms with Gasteiger partial charge in [0.1, 0.15) is 0 Å². The number of aryl methyl sites for hydroxylation is 1. The van der Waals surface area contributed by atoms with Crippen molar-refractivity contribution in [3.8, 4) is 0 Å². The number of hydrogen-bond donors (Lipinski definition) is 0. The van der Waals surface area contributed by atoms with E-state index >= 15 is 0 Å². The average Bonchev–Trinajstić information content (AvgIpc) is 2.25. The number of fused-ring (bicyclic) bond motifs is 1. The zero-order valence-electron chi connectivity index (χ0n) is 11.9. The quantitative estimate of drug-likeness (QED) is 0.314. The summed E-state index contributed by atoms with van der Waals surface area (Å²) in [5.74, 6) is 0. The van der Waals surface area contributed by atoms with Gasteiger partial charge in [-0.2, -0.15) is 0 Å². The van der Waals surface area contributed by atoms with Crippen LogP contribution in [-0.4, -0.2) is 7.25 Å². The van der Waals surface area contributed by atoms with Crippen molar-refractivity contribution in [2.75, 3.05) is 0 Å². The molecule has 0 aliphatic heterocycles. The number of hydrogen-bond acceptors (Lipinski definition) is 0. The normalized spacial score (nSPS) is 12.0. The first-order valence-electron chi connectivity index (χ1n) is 6.19. The van der Waals surface area contributed by atoms with Gasteiger partial charge >= 0.3 is 7.25 Å². The summed E-state index contributed by atoms with van der Waals surface area (Å²) in [4.78, 5) is 1.46. The lowest BCUT2D eigenvalue weighted by Crippen LogP contribution is -2.09. The van der Waals surface area contributed by atoms with Gasteiger partial charge in [0.15, 0.2) is 0 Å². The highest BCUT2D eigenvalue weighted by atomic mass is 32.1. The van der Waals surface area contributed by atoms with Crippen molar-refractivity contribution in [2.45, 2.75) is 33.1 Å². The van der Waals surface area contributed by atoms with Crippen molar-refractivity contribution in [3.05, 3.63) is 40.8 Å². The molecule has 2 rings (SSSR count). The summed E-state index contributed by atoms with van der Waals surface area (Å²) in [5, 5.41) is 1.38. The lowest BCUT2D eigenvalue weighted by Gasteiger charge is -2.11. The van der Waals surface area contributed by atoms with Gasteiger partial charge in [-0.05, 0) is 18.6 Å². The first kappa shape index (κ1) is 16.9. The zero-order valence-corrected chi connectivity index (χ0v) is 12.7. The highest BCUT2D eigenvalue weighted by molar-refractivity contribution is 7.18. The SMILES string of the molecule is Cc1cc(C(C)(C)C)[s+]c2ccccc12.F[B-](F)(F)F. The maximum Gasteiger partial charge on any atom is 0.673 e. The molecule has 20 heavy (non-hydrogen) atoms. The largest absolute Gasteiger partial charge is 0.673 e. The number of rotatable bonds is 0. The van der Waals surface area contributed by atoms with Crippen LogP contribution in [0.2, 0.25) is 0 Å². The molecule has 1 aromatic carbocycles. The van der Waals surface area contributed by atoms with E-state index in [9.17, 15) is 17.3 Å². The molecule has 0 nitrogen and oxygen atoms in total. The van der Waals surface area contributed by atoms with Crippen LogP contribution in [0.15, 0.2) is 30.3 Å². The molecule has 1 aromatic heterocycles. The molecule has 1 heterocycles. The summed E-state index contributed by atoms with van der Waals surface area (Å²) in [6.07, 6.45) is 0. The Morgan fingerprint density at radius 3 is 2.00 bits per heavy atom. The third-order valence-electron chi connectivity index (χ3n) is 2.62. The molecule has 6 heteroatoms. The summed E-state index contributed by atoms with van der Waals surface area (Å²) < 4.78 is 40.4. The van der Waals surface area contributed by atoms with Gasteiger partial charge in [-0.3, -0.25) is 0 Å². The molecule has 0 saturated carbocycles. The highest BCUT2D eigenvalue weighted by Gasteiger charge is 2.25. The van der Waals surface area contributed by atoms with E-state index in [1.807, 2.05) is 11.3 Å². The van der Waals surface area contributed by atoms with Crippen molar-refractivity contribution in [1.29, 1.82) is 0 Å². The fraction of sp³-hybridized carbons (Fsp3) is 0.357. The number of benzene rings is 1. The van der Waals surface area contributed by atoms with Crippen LogP contribution in [0, 0.1) is 6.92 Å². The van der Waals surface area contributed by atoms with Gasteiger partial charge in [-0.25, -0.2) is 0 Å². The summed E-state index contributed by atoms with van der Waals surface area (Å²) in [5.41, 5.74) is 1.63. The highest BCUT2D eigenvalue weighted by Crippen LogP contribution is 2.33. The third kappa shape index (κ3) is 5.45. The van der Waals surface area contributed by atoms with Crippen LogP contribution < -0.4 is 0 Å². The molecule has 0 unspecified atom stereocenters. The monoisotopic (exact) mass is 304 g/mol. The summed E-state index contributed by atoms with van der Waals surface area (Å²) in [7, 11) is -6.00. The predicted octanol–water partition coefficient (Wildman–Crippen LogP) is 6.09. The van der Waals surface area contributed by atoms with Crippen molar-refractivity contribution in [3.63, 3.8) is 0 Å². The molecule has 0 radical (unpaired) electrons. The van der Waals surface area contributed by atoms with E-state index in [1.54, 1.807) is 0 Å². The molecule has 0 aliphatic carbocycles. The average molecular weight is 304 g/mol. The van der Waals surface area contributed by atoms with E-state index in [0.717, 1.165) is 0 Å². The van der Waals surface area contributed by atoms with Crippen LogP contribution in [-0.2, 0) is 5.41 Å². The Balaban J connectivity index is 0.000000347. The van der Waals surface area contributed by atoms with Crippen molar-refractivity contribution in [2.24, 2.45) is 0 Å². The van der Waals surface area contributed by atoms with E-state index in [1.165, 1.54) is 20.5 Å². The molecule has 0 aliphatic rings. The molecule has 0 atom stereocenters. The Kier molecular flexibility index (Phi) is 5.13. The van der Waals surface area contributed by atoms with Crippen LogP contribution in [0.1, 0.15) is 31.2 Å². The van der Waals surface area contributed by atoms with Gasteiger partial charge in [-0.1, -0.05) is 32.9 Å². The topological polar surface area (TPSA) is 0 Å². The zero-order chi connectivity index (χ0) is 15.6. The molecule has 110 valence electrons. The lowest BCUT2D eigenvalue weighted by molar-refractivity contribution is 0.368. The number of halogens is 4. The van der Waals surface area contributed by atoms with E-state index in [4.69, 9.17) is 0 Å². The standard InChI is InChI=1S/C14H17S.BF4/c1-10-9-13(14(2,3)4)15-12-8-6-5-7-11(10)12;2-1(3,4)5/h5-9H,1-4H3;/q+1;-1. The minimum Gasteiger partial charge on any atom is -0.418 e. The Hall–Kier alpha value is -1.17. The van der Waals surface area contributed by atoms with Crippen molar-refractivity contribution in [1.82, 2.24) is 0 Å². The van der Waals surface area contributed by atoms with Crippen LogP contribution >= 0.6 is 11.3 Å². The first-order chi connectivity index (χ1) is 8.98.